The highest BCUT2D eigenvalue weighted by molar-refractivity contribution is 14.1. The van der Waals surface area contributed by atoms with E-state index in [4.69, 9.17) is 4.74 Å². The van der Waals surface area contributed by atoms with Crippen molar-refractivity contribution in [1.82, 2.24) is 10.6 Å². The minimum Gasteiger partial charge on any atom is -0.444 e. The minimum atomic E-state index is -6.28. The first-order valence-corrected chi connectivity index (χ1v) is 13.1. The van der Waals surface area contributed by atoms with Crippen LogP contribution < -0.4 is 16.0 Å². The number of alkyl halides is 7. The highest BCUT2D eigenvalue weighted by Gasteiger charge is 2.73. The van der Waals surface area contributed by atoms with Crippen LogP contribution in [-0.2, 0) is 10.4 Å². The summed E-state index contributed by atoms with van der Waals surface area (Å²) in [5.41, 5.74) is -8.61. The molecule has 2 aromatic rings. The standard InChI is InChI=1S/C26H27F7IN3O4/c1-14-13-15(24(27,25(28,29)30)26(31,32)33)9-10-18(14)37-20(38)16-7-5-8-17(34)19(16)21(39)35-11-6-12-36-22(40)41-23(2,3)4/h5,7-10,13H,6,11-12H2,1-4H3,(H,35,39)(H,36,40)(H,37,38). The summed E-state index contributed by atoms with van der Waals surface area (Å²) in [6.07, 6.45) is -12.9. The second kappa shape index (κ2) is 12.8. The van der Waals surface area contributed by atoms with E-state index in [9.17, 15) is 45.1 Å². The van der Waals surface area contributed by atoms with Crippen LogP contribution in [0.1, 0.15) is 59.0 Å². The molecule has 0 aliphatic heterocycles. The van der Waals surface area contributed by atoms with E-state index in [-0.39, 0.29) is 41.5 Å². The Kier molecular flexibility index (Phi) is 10.7. The van der Waals surface area contributed by atoms with E-state index < -0.39 is 47.1 Å². The molecular weight excluding hydrogens is 678 g/mol. The second-order valence-corrected chi connectivity index (χ2v) is 11.0. The van der Waals surface area contributed by atoms with E-state index in [1.54, 1.807) is 26.8 Å². The number of alkyl carbamates (subject to hydrolysis) is 1. The minimum absolute atomic E-state index is 0.0307. The van der Waals surface area contributed by atoms with Gasteiger partial charge in [0.15, 0.2) is 0 Å². The Bertz CT molecular complexity index is 1280. The summed E-state index contributed by atoms with van der Waals surface area (Å²) in [5.74, 6) is -1.52. The van der Waals surface area contributed by atoms with Crippen molar-refractivity contribution in [2.24, 2.45) is 0 Å². The van der Waals surface area contributed by atoms with Crippen LogP contribution in [-0.4, -0.2) is 49.0 Å². The van der Waals surface area contributed by atoms with E-state index in [1.165, 1.54) is 12.1 Å². The molecule has 2 aromatic carbocycles. The van der Waals surface area contributed by atoms with Crippen LogP contribution in [0.3, 0.4) is 0 Å². The Labute approximate surface area is 244 Å². The Morgan fingerprint density at radius 2 is 1.44 bits per heavy atom. The summed E-state index contributed by atoms with van der Waals surface area (Å²) in [7, 11) is 0. The number of nitrogens with one attached hydrogen (secondary N) is 3. The molecule has 2 rings (SSSR count). The number of halogens is 8. The van der Waals surface area contributed by atoms with Crippen LogP contribution in [0.5, 0.6) is 0 Å². The molecule has 0 aliphatic rings. The van der Waals surface area contributed by atoms with Crippen molar-refractivity contribution in [2.45, 2.75) is 57.7 Å². The molecule has 0 aromatic heterocycles. The van der Waals surface area contributed by atoms with Crippen LogP contribution in [0.15, 0.2) is 36.4 Å². The van der Waals surface area contributed by atoms with Gasteiger partial charge in [-0.15, -0.1) is 0 Å². The van der Waals surface area contributed by atoms with Gasteiger partial charge in [0.05, 0.1) is 11.1 Å². The third-order valence-electron chi connectivity index (χ3n) is 5.45. The first kappa shape index (κ1) is 34.1. The van der Waals surface area contributed by atoms with Gasteiger partial charge in [-0.25, -0.2) is 9.18 Å². The summed E-state index contributed by atoms with van der Waals surface area (Å²) >= 11 is 1.82. The molecule has 0 heterocycles. The molecule has 0 bridgehead atoms. The molecule has 15 heteroatoms. The summed E-state index contributed by atoms with van der Waals surface area (Å²) in [4.78, 5) is 37.6. The van der Waals surface area contributed by atoms with Crippen molar-refractivity contribution in [3.05, 3.63) is 62.2 Å². The number of hydrogen-bond donors (Lipinski definition) is 3. The maximum absolute atomic E-state index is 14.4. The summed E-state index contributed by atoms with van der Waals surface area (Å²) in [6.45, 7) is 6.51. The van der Waals surface area contributed by atoms with Crippen molar-refractivity contribution < 1.29 is 49.9 Å². The number of aryl methyl sites for hydroxylation is 1. The van der Waals surface area contributed by atoms with Gasteiger partial charge in [-0.3, -0.25) is 9.59 Å². The van der Waals surface area contributed by atoms with Gasteiger partial charge in [0.2, 0.25) is 0 Å². The van der Waals surface area contributed by atoms with Gasteiger partial charge in [-0.2, -0.15) is 26.3 Å². The number of rotatable bonds is 8. The molecule has 3 N–H and O–H groups in total. The number of hydrogen-bond acceptors (Lipinski definition) is 4. The number of carbonyl (C=O) groups excluding carboxylic acids is 3. The lowest BCUT2D eigenvalue weighted by atomic mass is 9.92. The van der Waals surface area contributed by atoms with Crippen molar-refractivity contribution >= 4 is 46.2 Å². The van der Waals surface area contributed by atoms with Crippen molar-refractivity contribution in [3.8, 4) is 0 Å². The maximum Gasteiger partial charge on any atom is 0.435 e. The van der Waals surface area contributed by atoms with Gasteiger partial charge in [0.25, 0.3) is 11.8 Å². The SMILES string of the molecule is Cc1cc(C(F)(C(F)(F)F)C(F)(F)F)ccc1NC(=O)c1cccc(I)c1C(=O)NCCCNC(=O)OC(C)(C)C. The summed E-state index contributed by atoms with van der Waals surface area (Å²) < 4.78 is 98.5. The molecule has 0 saturated heterocycles. The van der Waals surface area contributed by atoms with Crippen molar-refractivity contribution in [1.29, 1.82) is 0 Å². The predicted molar refractivity (Wildman–Crippen MR) is 144 cm³/mol. The van der Waals surface area contributed by atoms with E-state index in [0.29, 0.717) is 16.1 Å². The van der Waals surface area contributed by atoms with E-state index >= 15 is 0 Å². The number of anilines is 1. The highest BCUT2D eigenvalue weighted by atomic mass is 127. The molecule has 0 atom stereocenters. The Hall–Kier alpha value is -3.11. The fourth-order valence-electron chi connectivity index (χ4n) is 3.52. The van der Waals surface area contributed by atoms with Crippen LogP contribution in [0.2, 0.25) is 0 Å². The summed E-state index contributed by atoms with van der Waals surface area (Å²) in [6, 6.07) is 5.69. The van der Waals surface area contributed by atoms with Crippen LogP contribution in [0.25, 0.3) is 0 Å². The number of carbonyl (C=O) groups is 3. The Morgan fingerprint density at radius 1 is 0.854 bits per heavy atom. The summed E-state index contributed by atoms with van der Waals surface area (Å²) in [5, 5.41) is 7.49. The van der Waals surface area contributed by atoms with Gasteiger partial charge >= 0.3 is 24.1 Å². The van der Waals surface area contributed by atoms with Crippen molar-refractivity contribution in [3.63, 3.8) is 0 Å². The average Bonchev–Trinajstić information content (AvgIpc) is 2.81. The zero-order valence-electron chi connectivity index (χ0n) is 22.2. The molecule has 0 radical (unpaired) electrons. The Balaban J connectivity index is 2.17. The first-order valence-electron chi connectivity index (χ1n) is 12.0. The lowest BCUT2D eigenvalue weighted by Gasteiger charge is -2.30. The normalized spacial score (nSPS) is 12.5. The van der Waals surface area contributed by atoms with Gasteiger partial charge in [-0.1, -0.05) is 18.2 Å². The predicted octanol–water partition coefficient (Wildman–Crippen LogP) is 6.79. The lowest BCUT2D eigenvalue weighted by molar-refractivity contribution is -0.348. The zero-order valence-corrected chi connectivity index (χ0v) is 24.4. The van der Waals surface area contributed by atoms with Crippen LogP contribution in [0, 0.1) is 10.5 Å². The van der Waals surface area contributed by atoms with Crippen LogP contribution in [0.4, 0.5) is 41.2 Å². The lowest BCUT2D eigenvalue weighted by Crippen LogP contribution is -2.50. The monoisotopic (exact) mass is 705 g/mol. The topological polar surface area (TPSA) is 96.5 Å². The number of benzene rings is 2. The zero-order chi connectivity index (χ0) is 31.4. The van der Waals surface area contributed by atoms with Crippen molar-refractivity contribution in [2.75, 3.05) is 18.4 Å². The molecule has 7 nitrogen and oxygen atoms in total. The van der Waals surface area contributed by atoms with Gasteiger partial charge in [-0.05, 0) is 80.5 Å². The van der Waals surface area contributed by atoms with Gasteiger partial charge < -0.3 is 20.7 Å². The molecular formula is C26H27F7IN3O4. The quantitative estimate of drug-likeness (QED) is 0.160. The van der Waals surface area contributed by atoms with Gasteiger partial charge in [0, 0.05) is 27.9 Å². The fraction of sp³-hybridized carbons (Fsp3) is 0.423. The molecule has 0 spiro atoms. The molecule has 0 aliphatic carbocycles. The van der Waals surface area contributed by atoms with Crippen LogP contribution >= 0.6 is 22.6 Å². The first-order chi connectivity index (χ1) is 18.7. The molecule has 0 saturated carbocycles. The molecule has 0 unspecified atom stereocenters. The highest BCUT2D eigenvalue weighted by Crippen LogP contribution is 2.53. The molecule has 41 heavy (non-hydrogen) atoms. The largest absolute Gasteiger partial charge is 0.444 e. The third-order valence-corrected chi connectivity index (χ3v) is 6.35. The van der Waals surface area contributed by atoms with E-state index in [2.05, 4.69) is 16.0 Å². The second-order valence-electron chi connectivity index (χ2n) is 9.84. The maximum atomic E-state index is 14.4. The molecule has 0 fully saturated rings. The molecule has 3 amide bonds. The number of amides is 3. The fourth-order valence-corrected chi connectivity index (χ4v) is 4.27. The van der Waals surface area contributed by atoms with E-state index in [0.717, 1.165) is 13.0 Å². The molecule has 226 valence electrons. The Morgan fingerprint density at radius 3 is 1.98 bits per heavy atom. The van der Waals surface area contributed by atoms with E-state index in [1.807, 2.05) is 22.6 Å². The number of ether oxygens (including phenoxy) is 1. The third kappa shape index (κ3) is 8.45. The average molecular weight is 705 g/mol. The van der Waals surface area contributed by atoms with Gasteiger partial charge in [0.1, 0.15) is 5.60 Å². The smallest absolute Gasteiger partial charge is 0.435 e.